The highest BCUT2D eigenvalue weighted by atomic mass is 16.5. The van der Waals surface area contributed by atoms with Crippen molar-refractivity contribution >= 4 is 11.9 Å². The van der Waals surface area contributed by atoms with Gasteiger partial charge in [0.15, 0.2) is 6.10 Å². The van der Waals surface area contributed by atoms with Crippen LogP contribution >= 0.6 is 0 Å². The van der Waals surface area contributed by atoms with Crippen molar-refractivity contribution in [1.82, 2.24) is 5.32 Å². The first-order chi connectivity index (χ1) is 10.1. The Morgan fingerprint density at radius 1 is 1.29 bits per heavy atom. The molecule has 0 radical (unpaired) electrons. The molecule has 1 saturated heterocycles. The lowest BCUT2D eigenvalue weighted by atomic mass is 10.0. The van der Waals surface area contributed by atoms with Crippen LogP contribution in [0, 0.1) is 0 Å². The van der Waals surface area contributed by atoms with Gasteiger partial charge in [-0.3, -0.25) is 4.79 Å². The average Bonchev–Trinajstić information content (AvgIpc) is 3.11. The largest absolute Gasteiger partial charge is 0.492 e. The molecule has 0 spiro atoms. The molecule has 0 aliphatic carbocycles. The van der Waals surface area contributed by atoms with Crippen LogP contribution in [0.4, 0.5) is 0 Å². The third-order valence-corrected chi connectivity index (χ3v) is 3.90. The molecule has 0 aromatic heterocycles. The van der Waals surface area contributed by atoms with Gasteiger partial charge in [-0.1, -0.05) is 18.2 Å². The molecule has 1 fully saturated rings. The van der Waals surface area contributed by atoms with Crippen molar-refractivity contribution in [2.75, 3.05) is 13.2 Å². The molecule has 1 amide bonds. The molecule has 2 aliphatic heterocycles. The number of benzene rings is 1. The van der Waals surface area contributed by atoms with Crippen LogP contribution in [0.3, 0.4) is 0 Å². The highest BCUT2D eigenvalue weighted by Gasteiger charge is 2.33. The number of rotatable bonds is 4. The number of carbonyl (C=O) groups is 2. The zero-order valence-corrected chi connectivity index (χ0v) is 11.5. The van der Waals surface area contributed by atoms with E-state index in [1.807, 2.05) is 24.3 Å². The maximum atomic E-state index is 12.2. The van der Waals surface area contributed by atoms with E-state index in [9.17, 15) is 9.59 Å². The van der Waals surface area contributed by atoms with Crippen molar-refractivity contribution in [3.05, 3.63) is 29.8 Å². The van der Waals surface area contributed by atoms with Gasteiger partial charge in [0.25, 0.3) is 0 Å². The summed E-state index contributed by atoms with van der Waals surface area (Å²) in [5, 5.41) is 11.7. The molecule has 3 atom stereocenters. The van der Waals surface area contributed by atoms with Crippen LogP contribution in [0.1, 0.15) is 24.3 Å². The van der Waals surface area contributed by atoms with Gasteiger partial charge >= 0.3 is 5.97 Å². The SMILES string of the molecule is O=C(O)C1CCC(CNC(=O)C2COc3ccccc32)O1. The van der Waals surface area contributed by atoms with E-state index in [1.165, 1.54) is 0 Å². The lowest BCUT2D eigenvalue weighted by Crippen LogP contribution is -2.36. The Kier molecular flexibility index (Phi) is 3.79. The second-order valence-electron chi connectivity index (χ2n) is 5.31. The molecular formula is C15H17NO5. The minimum atomic E-state index is -0.943. The van der Waals surface area contributed by atoms with Crippen LogP contribution in [-0.4, -0.2) is 42.3 Å². The molecular weight excluding hydrogens is 274 g/mol. The van der Waals surface area contributed by atoms with Gasteiger partial charge in [-0.25, -0.2) is 4.79 Å². The first kappa shape index (κ1) is 13.9. The minimum absolute atomic E-state index is 0.109. The van der Waals surface area contributed by atoms with E-state index in [0.717, 1.165) is 11.3 Å². The normalized spacial score (nSPS) is 27.0. The summed E-state index contributed by atoms with van der Waals surface area (Å²) in [6.07, 6.45) is 0.162. The van der Waals surface area contributed by atoms with Gasteiger partial charge in [0.2, 0.25) is 5.91 Å². The predicted octanol–water partition coefficient (Wildman–Crippen LogP) is 0.911. The number of amides is 1. The molecule has 1 aromatic carbocycles. The Labute approximate surface area is 122 Å². The van der Waals surface area contributed by atoms with E-state index >= 15 is 0 Å². The number of ether oxygens (including phenoxy) is 2. The number of nitrogens with one attached hydrogen (secondary N) is 1. The Morgan fingerprint density at radius 2 is 2.10 bits per heavy atom. The fourth-order valence-electron chi connectivity index (χ4n) is 2.75. The number of carbonyl (C=O) groups excluding carboxylic acids is 1. The quantitative estimate of drug-likeness (QED) is 0.861. The van der Waals surface area contributed by atoms with Gasteiger partial charge in [-0.05, 0) is 18.9 Å². The zero-order chi connectivity index (χ0) is 14.8. The molecule has 6 heteroatoms. The van der Waals surface area contributed by atoms with E-state index in [4.69, 9.17) is 14.6 Å². The van der Waals surface area contributed by atoms with E-state index in [2.05, 4.69) is 5.32 Å². The van der Waals surface area contributed by atoms with Crippen molar-refractivity contribution in [2.24, 2.45) is 0 Å². The molecule has 3 unspecified atom stereocenters. The third kappa shape index (κ3) is 2.85. The number of carboxylic acid groups (broad SMARTS) is 1. The molecule has 3 rings (SSSR count). The van der Waals surface area contributed by atoms with Crippen molar-refractivity contribution in [3.63, 3.8) is 0 Å². The summed E-state index contributed by atoms with van der Waals surface area (Å²) < 4.78 is 10.8. The van der Waals surface area contributed by atoms with Crippen LogP contribution < -0.4 is 10.1 Å². The van der Waals surface area contributed by atoms with Crippen molar-refractivity contribution in [2.45, 2.75) is 31.0 Å². The van der Waals surface area contributed by atoms with Crippen LogP contribution in [0.25, 0.3) is 0 Å². The molecule has 2 heterocycles. The van der Waals surface area contributed by atoms with Gasteiger partial charge < -0.3 is 19.9 Å². The van der Waals surface area contributed by atoms with Crippen molar-refractivity contribution in [3.8, 4) is 5.75 Å². The summed E-state index contributed by atoms with van der Waals surface area (Å²) in [5.74, 6) is -0.608. The maximum Gasteiger partial charge on any atom is 0.332 e. The molecule has 0 saturated carbocycles. The summed E-state index contributed by atoms with van der Waals surface area (Å²) in [6.45, 7) is 0.676. The van der Waals surface area contributed by atoms with E-state index < -0.39 is 12.1 Å². The number of hydrogen-bond donors (Lipinski definition) is 2. The highest BCUT2D eigenvalue weighted by Crippen LogP contribution is 2.33. The second-order valence-corrected chi connectivity index (χ2v) is 5.31. The maximum absolute atomic E-state index is 12.2. The number of para-hydroxylation sites is 1. The minimum Gasteiger partial charge on any atom is -0.492 e. The van der Waals surface area contributed by atoms with Crippen LogP contribution in [-0.2, 0) is 14.3 Å². The second kappa shape index (κ2) is 5.73. The molecule has 112 valence electrons. The molecule has 21 heavy (non-hydrogen) atoms. The lowest BCUT2D eigenvalue weighted by Gasteiger charge is -2.14. The summed E-state index contributed by atoms with van der Waals surface area (Å²) in [4.78, 5) is 23.0. The van der Waals surface area contributed by atoms with Gasteiger partial charge in [0.1, 0.15) is 18.3 Å². The fraction of sp³-hybridized carbons (Fsp3) is 0.467. The Bertz CT molecular complexity index is 559. The third-order valence-electron chi connectivity index (χ3n) is 3.90. The van der Waals surface area contributed by atoms with E-state index in [0.29, 0.717) is 26.0 Å². The van der Waals surface area contributed by atoms with Gasteiger partial charge in [0, 0.05) is 12.1 Å². The van der Waals surface area contributed by atoms with Gasteiger partial charge in [-0.15, -0.1) is 0 Å². The van der Waals surface area contributed by atoms with Crippen LogP contribution in [0.15, 0.2) is 24.3 Å². The fourth-order valence-corrected chi connectivity index (χ4v) is 2.75. The van der Waals surface area contributed by atoms with Gasteiger partial charge in [-0.2, -0.15) is 0 Å². The Balaban J connectivity index is 1.53. The summed E-state index contributed by atoms with van der Waals surface area (Å²) >= 11 is 0. The molecule has 0 bridgehead atoms. The van der Waals surface area contributed by atoms with E-state index in [-0.39, 0.29) is 17.9 Å². The summed E-state index contributed by atoms with van der Waals surface area (Å²) in [5.41, 5.74) is 0.894. The number of hydrogen-bond acceptors (Lipinski definition) is 4. The Hall–Kier alpha value is -2.08. The van der Waals surface area contributed by atoms with Crippen LogP contribution in [0.5, 0.6) is 5.75 Å². The number of aliphatic carboxylic acids is 1. The topological polar surface area (TPSA) is 84.9 Å². The zero-order valence-electron chi connectivity index (χ0n) is 11.5. The summed E-state index contributed by atoms with van der Waals surface area (Å²) in [7, 11) is 0. The lowest BCUT2D eigenvalue weighted by molar-refractivity contribution is -0.149. The summed E-state index contributed by atoms with van der Waals surface area (Å²) in [6, 6.07) is 7.49. The smallest absolute Gasteiger partial charge is 0.332 e. The van der Waals surface area contributed by atoms with Crippen molar-refractivity contribution in [1.29, 1.82) is 0 Å². The van der Waals surface area contributed by atoms with Gasteiger partial charge in [0.05, 0.1) is 6.10 Å². The highest BCUT2D eigenvalue weighted by molar-refractivity contribution is 5.85. The average molecular weight is 291 g/mol. The Morgan fingerprint density at radius 3 is 2.86 bits per heavy atom. The first-order valence-electron chi connectivity index (χ1n) is 7.03. The molecule has 2 aliphatic rings. The predicted molar refractivity (Wildman–Crippen MR) is 73.2 cm³/mol. The number of fused-ring (bicyclic) bond motifs is 1. The first-order valence-corrected chi connectivity index (χ1v) is 7.03. The molecule has 6 nitrogen and oxygen atoms in total. The standard InChI is InChI=1S/C15H17NO5/c17-14(11-8-20-12-4-2-1-3-10(11)12)16-7-9-5-6-13(21-9)15(18)19/h1-4,9,11,13H,5-8H2,(H,16,17)(H,18,19). The molecule has 2 N–H and O–H groups in total. The van der Waals surface area contributed by atoms with Crippen molar-refractivity contribution < 1.29 is 24.2 Å². The number of carboxylic acids is 1. The molecule has 1 aromatic rings. The van der Waals surface area contributed by atoms with E-state index in [1.54, 1.807) is 0 Å². The van der Waals surface area contributed by atoms with Crippen LogP contribution in [0.2, 0.25) is 0 Å². The monoisotopic (exact) mass is 291 g/mol.